The van der Waals surface area contributed by atoms with Crippen LogP contribution >= 0.6 is 0 Å². The molecule has 2 bridgehead atoms. The van der Waals surface area contributed by atoms with Gasteiger partial charge in [0.25, 0.3) is 0 Å². The zero-order valence-corrected chi connectivity index (χ0v) is 12.8. The highest BCUT2D eigenvalue weighted by Crippen LogP contribution is 2.53. The molecule has 0 aromatic heterocycles. The summed E-state index contributed by atoms with van der Waals surface area (Å²) < 4.78 is 11.6. The van der Waals surface area contributed by atoms with Crippen molar-refractivity contribution in [3.63, 3.8) is 0 Å². The van der Waals surface area contributed by atoms with Gasteiger partial charge in [0.15, 0.2) is 0 Å². The number of aliphatic hydroxyl groups excluding tert-OH is 1. The van der Waals surface area contributed by atoms with Gasteiger partial charge in [-0.05, 0) is 50.8 Å². The Balaban J connectivity index is 1.79. The Bertz CT molecular complexity index is 487. The number of hydrogen-bond donors (Lipinski definition) is 2. The summed E-state index contributed by atoms with van der Waals surface area (Å²) in [5, 5.41) is 10.9. The average Bonchev–Trinajstić information content (AvgIpc) is 3.07. The van der Waals surface area contributed by atoms with Gasteiger partial charge in [-0.1, -0.05) is 12.1 Å². The highest BCUT2D eigenvalue weighted by Gasteiger charge is 2.55. The summed E-state index contributed by atoms with van der Waals surface area (Å²) in [5.41, 5.74) is 6.59. The quantitative estimate of drug-likeness (QED) is 0.874. The van der Waals surface area contributed by atoms with Crippen molar-refractivity contribution in [1.29, 1.82) is 0 Å². The molecule has 4 nitrogen and oxygen atoms in total. The summed E-state index contributed by atoms with van der Waals surface area (Å²) >= 11 is 0. The first-order valence-electron chi connectivity index (χ1n) is 7.85. The highest BCUT2D eigenvalue weighted by atomic mass is 16.5. The molecule has 2 saturated heterocycles. The average molecular weight is 291 g/mol. The highest BCUT2D eigenvalue weighted by molar-refractivity contribution is 5.30. The van der Waals surface area contributed by atoms with Crippen LogP contribution in [0.4, 0.5) is 0 Å². The van der Waals surface area contributed by atoms with Crippen molar-refractivity contribution >= 4 is 0 Å². The third kappa shape index (κ3) is 2.56. The van der Waals surface area contributed by atoms with Crippen molar-refractivity contribution in [2.24, 2.45) is 11.1 Å². The third-order valence-corrected chi connectivity index (χ3v) is 4.85. The number of fused-ring (bicyclic) bond motifs is 2. The smallest absolute Gasteiger partial charge is 0.119 e. The van der Waals surface area contributed by atoms with Crippen molar-refractivity contribution in [1.82, 2.24) is 0 Å². The van der Waals surface area contributed by atoms with E-state index >= 15 is 0 Å². The van der Waals surface area contributed by atoms with Crippen molar-refractivity contribution in [3.05, 3.63) is 29.8 Å². The lowest BCUT2D eigenvalue weighted by Crippen LogP contribution is -2.44. The second-order valence-electron chi connectivity index (χ2n) is 6.60. The van der Waals surface area contributed by atoms with Crippen LogP contribution in [-0.2, 0) is 4.74 Å². The fraction of sp³-hybridized carbons (Fsp3) is 0.647. The second kappa shape index (κ2) is 5.59. The zero-order chi connectivity index (χ0) is 15.0. The molecular weight excluding hydrogens is 266 g/mol. The van der Waals surface area contributed by atoms with Crippen LogP contribution in [0.1, 0.15) is 44.8 Å². The summed E-state index contributed by atoms with van der Waals surface area (Å²) in [6, 6.07) is 7.70. The molecule has 21 heavy (non-hydrogen) atoms. The molecule has 0 aliphatic carbocycles. The molecule has 4 atom stereocenters. The number of benzene rings is 1. The van der Waals surface area contributed by atoms with E-state index in [1.807, 2.05) is 38.1 Å². The van der Waals surface area contributed by atoms with Gasteiger partial charge in [-0.15, -0.1) is 0 Å². The summed E-state index contributed by atoms with van der Waals surface area (Å²) in [6.45, 7) is 4.46. The monoisotopic (exact) mass is 291 g/mol. The molecule has 0 spiro atoms. The minimum atomic E-state index is -0.578. The molecule has 3 N–H and O–H groups in total. The Morgan fingerprint density at radius 3 is 2.52 bits per heavy atom. The van der Waals surface area contributed by atoms with Crippen LogP contribution < -0.4 is 10.5 Å². The number of aliphatic hydroxyl groups is 1. The van der Waals surface area contributed by atoms with Gasteiger partial charge in [0.1, 0.15) is 5.75 Å². The molecular formula is C17H25NO3. The standard InChI is InChI=1S/C17H25NO3/c1-11(2)20-13-5-3-12(4-6-13)16(19)17(10-18)9-14-7-8-15(17)21-14/h3-6,11,14-16,19H,7-10,18H2,1-2H3. The number of ether oxygens (including phenoxy) is 2. The van der Waals surface area contributed by atoms with Crippen LogP contribution in [0.3, 0.4) is 0 Å². The second-order valence-corrected chi connectivity index (χ2v) is 6.60. The zero-order valence-electron chi connectivity index (χ0n) is 12.8. The Kier molecular flexibility index (Phi) is 3.95. The largest absolute Gasteiger partial charge is 0.491 e. The Morgan fingerprint density at radius 1 is 1.33 bits per heavy atom. The van der Waals surface area contributed by atoms with Crippen LogP contribution in [0.2, 0.25) is 0 Å². The summed E-state index contributed by atoms with van der Waals surface area (Å²) in [6.07, 6.45) is 2.90. The molecule has 2 aliphatic heterocycles. The molecule has 0 saturated carbocycles. The van der Waals surface area contributed by atoms with E-state index in [0.717, 1.165) is 30.6 Å². The van der Waals surface area contributed by atoms with E-state index in [9.17, 15) is 5.11 Å². The van der Waals surface area contributed by atoms with Crippen molar-refractivity contribution in [3.8, 4) is 5.75 Å². The van der Waals surface area contributed by atoms with E-state index in [1.165, 1.54) is 0 Å². The normalized spacial score (nSPS) is 32.6. The summed E-state index contributed by atoms with van der Waals surface area (Å²) in [4.78, 5) is 0. The molecule has 2 aliphatic rings. The van der Waals surface area contributed by atoms with Gasteiger partial charge in [0.05, 0.1) is 24.4 Å². The topological polar surface area (TPSA) is 64.7 Å². The molecule has 3 rings (SSSR count). The van der Waals surface area contributed by atoms with Gasteiger partial charge in [0, 0.05) is 12.0 Å². The predicted molar refractivity (Wildman–Crippen MR) is 81.2 cm³/mol. The minimum Gasteiger partial charge on any atom is -0.491 e. The molecule has 4 unspecified atom stereocenters. The molecule has 4 heteroatoms. The van der Waals surface area contributed by atoms with Gasteiger partial charge in [0.2, 0.25) is 0 Å². The summed E-state index contributed by atoms with van der Waals surface area (Å²) in [5.74, 6) is 0.826. The van der Waals surface area contributed by atoms with E-state index in [-0.39, 0.29) is 23.7 Å². The molecule has 116 valence electrons. The van der Waals surface area contributed by atoms with Crippen LogP contribution in [-0.4, -0.2) is 30.0 Å². The van der Waals surface area contributed by atoms with E-state index in [0.29, 0.717) is 6.54 Å². The SMILES string of the molecule is CC(C)Oc1ccc(C(O)C2(CN)CC3CCC2O3)cc1. The first-order valence-corrected chi connectivity index (χ1v) is 7.85. The van der Waals surface area contributed by atoms with E-state index in [4.69, 9.17) is 15.2 Å². The van der Waals surface area contributed by atoms with E-state index in [2.05, 4.69) is 0 Å². The van der Waals surface area contributed by atoms with Crippen LogP contribution in [0.5, 0.6) is 5.75 Å². The first kappa shape index (κ1) is 14.8. The Labute approximate surface area is 126 Å². The van der Waals surface area contributed by atoms with E-state index < -0.39 is 6.10 Å². The van der Waals surface area contributed by atoms with Crippen LogP contribution in [0.15, 0.2) is 24.3 Å². The lowest BCUT2D eigenvalue weighted by atomic mass is 9.68. The Morgan fingerprint density at radius 2 is 2.05 bits per heavy atom. The van der Waals surface area contributed by atoms with Gasteiger partial charge >= 0.3 is 0 Å². The van der Waals surface area contributed by atoms with Crippen LogP contribution in [0, 0.1) is 5.41 Å². The number of nitrogens with two attached hydrogens (primary N) is 1. The minimum absolute atomic E-state index is 0.0918. The maximum Gasteiger partial charge on any atom is 0.119 e. The number of hydrogen-bond acceptors (Lipinski definition) is 4. The van der Waals surface area contributed by atoms with Crippen molar-refractivity contribution < 1.29 is 14.6 Å². The van der Waals surface area contributed by atoms with Gasteiger partial charge < -0.3 is 20.3 Å². The maximum atomic E-state index is 10.9. The molecule has 2 fully saturated rings. The lowest BCUT2D eigenvalue weighted by Gasteiger charge is -2.38. The first-order chi connectivity index (χ1) is 10.0. The molecule has 1 aromatic rings. The third-order valence-electron chi connectivity index (χ3n) is 4.85. The van der Waals surface area contributed by atoms with Gasteiger partial charge in [-0.3, -0.25) is 0 Å². The van der Waals surface area contributed by atoms with Crippen molar-refractivity contribution in [2.75, 3.05) is 6.54 Å². The summed E-state index contributed by atoms with van der Waals surface area (Å²) in [7, 11) is 0. The fourth-order valence-electron chi connectivity index (χ4n) is 3.78. The predicted octanol–water partition coefficient (Wildman–Crippen LogP) is 2.40. The lowest BCUT2D eigenvalue weighted by molar-refractivity contribution is -0.0264. The van der Waals surface area contributed by atoms with Crippen LogP contribution in [0.25, 0.3) is 0 Å². The fourth-order valence-corrected chi connectivity index (χ4v) is 3.78. The van der Waals surface area contributed by atoms with Gasteiger partial charge in [-0.2, -0.15) is 0 Å². The molecule has 0 radical (unpaired) electrons. The Hall–Kier alpha value is -1.10. The number of rotatable bonds is 5. The van der Waals surface area contributed by atoms with E-state index in [1.54, 1.807) is 0 Å². The molecule has 0 amide bonds. The maximum absolute atomic E-state index is 10.9. The van der Waals surface area contributed by atoms with Gasteiger partial charge in [-0.25, -0.2) is 0 Å². The van der Waals surface area contributed by atoms with Crippen molar-refractivity contribution in [2.45, 2.75) is 57.5 Å². The molecule has 2 heterocycles. The molecule has 1 aromatic carbocycles.